The number of fused-ring (bicyclic) bond motifs is 1. The first-order chi connectivity index (χ1) is 9.80. The largest absolute Gasteiger partial charge is 0.298 e. The smallest absolute Gasteiger partial charge is 0.181 e. The second-order valence-electron chi connectivity index (χ2n) is 3.83. The van der Waals surface area contributed by atoms with Crippen LogP contribution in [0.2, 0.25) is 0 Å². The summed E-state index contributed by atoms with van der Waals surface area (Å²) in [5.41, 5.74) is 1.45. The molecule has 7 heteroatoms. The molecule has 0 saturated heterocycles. The summed E-state index contributed by atoms with van der Waals surface area (Å²) in [4.78, 5) is 15.8. The van der Waals surface area contributed by atoms with E-state index in [1.807, 2.05) is 36.6 Å². The van der Waals surface area contributed by atoms with Gasteiger partial charge in [-0.15, -0.1) is 10.2 Å². The fraction of sp³-hybridized carbons (Fsp3) is 0.0769. The fourth-order valence-electron chi connectivity index (χ4n) is 1.68. The summed E-state index contributed by atoms with van der Waals surface area (Å²) in [5.74, 6) is 0. The van der Waals surface area contributed by atoms with Gasteiger partial charge in [0.15, 0.2) is 15.0 Å². The summed E-state index contributed by atoms with van der Waals surface area (Å²) in [7, 11) is 0. The van der Waals surface area contributed by atoms with Crippen LogP contribution < -0.4 is 0 Å². The zero-order chi connectivity index (χ0) is 13.9. The zero-order valence-corrected chi connectivity index (χ0v) is 12.9. The number of aldehydes is 1. The van der Waals surface area contributed by atoms with Crippen LogP contribution in [0, 0.1) is 0 Å². The zero-order valence-electron chi connectivity index (χ0n) is 10.4. The predicted molar refractivity (Wildman–Crippen MR) is 82.9 cm³/mol. The minimum Gasteiger partial charge on any atom is -0.298 e. The molecule has 4 nitrogen and oxygen atoms in total. The van der Waals surface area contributed by atoms with Crippen molar-refractivity contribution >= 4 is 52.0 Å². The van der Waals surface area contributed by atoms with Crippen molar-refractivity contribution in [3.8, 4) is 0 Å². The molecule has 100 valence electrons. The maximum Gasteiger partial charge on any atom is 0.181 e. The second-order valence-corrected chi connectivity index (χ2v) is 7.10. The van der Waals surface area contributed by atoms with Crippen molar-refractivity contribution in [3.05, 3.63) is 35.9 Å². The predicted octanol–water partition coefficient (Wildman–Crippen LogP) is 3.77. The third kappa shape index (κ3) is 2.70. The van der Waals surface area contributed by atoms with Gasteiger partial charge in [0.1, 0.15) is 5.03 Å². The highest BCUT2D eigenvalue weighted by Crippen LogP contribution is 2.34. The van der Waals surface area contributed by atoms with Gasteiger partial charge in [-0.05, 0) is 30.2 Å². The van der Waals surface area contributed by atoms with E-state index in [1.54, 1.807) is 11.8 Å². The lowest BCUT2D eigenvalue weighted by molar-refractivity contribution is 0.112. The average Bonchev–Trinajstić information content (AvgIpc) is 2.94. The molecule has 1 aromatic carbocycles. The molecule has 0 atom stereocenters. The van der Waals surface area contributed by atoms with Gasteiger partial charge in [0.2, 0.25) is 0 Å². The van der Waals surface area contributed by atoms with Crippen LogP contribution in [-0.4, -0.2) is 27.7 Å². The van der Waals surface area contributed by atoms with Gasteiger partial charge in [0.25, 0.3) is 0 Å². The van der Waals surface area contributed by atoms with E-state index in [9.17, 15) is 4.79 Å². The number of hydrogen-bond acceptors (Lipinski definition) is 7. The molecule has 3 aromatic rings. The summed E-state index contributed by atoms with van der Waals surface area (Å²) >= 11 is 4.43. The van der Waals surface area contributed by atoms with Crippen molar-refractivity contribution in [2.45, 2.75) is 13.7 Å². The van der Waals surface area contributed by atoms with Gasteiger partial charge in [0, 0.05) is 10.9 Å². The summed E-state index contributed by atoms with van der Waals surface area (Å²) in [6, 6.07) is 9.60. The first kappa shape index (κ1) is 13.5. The Morgan fingerprint density at radius 3 is 2.75 bits per heavy atom. The van der Waals surface area contributed by atoms with E-state index in [0.717, 1.165) is 25.9 Å². The molecule has 3 rings (SSSR count). The Bertz CT molecular complexity index is 772. The van der Waals surface area contributed by atoms with Crippen LogP contribution in [0.5, 0.6) is 0 Å². The van der Waals surface area contributed by atoms with Crippen molar-refractivity contribution in [1.29, 1.82) is 0 Å². The molecule has 0 aliphatic carbocycles. The molecule has 0 spiro atoms. The quantitative estimate of drug-likeness (QED) is 0.539. The molecule has 0 saturated carbocycles. The van der Waals surface area contributed by atoms with E-state index < -0.39 is 0 Å². The fourth-order valence-corrected chi connectivity index (χ4v) is 4.10. The Balaban J connectivity index is 2.02. The molecule has 0 amide bonds. The van der Waals surface area contributed by atoms with Crippen LogP contribution in [0.1, 0.15) is 10.4 Å². The van der Waals surface area contributed by atoms with E-state index in [1.165, 1.54) is 23.1 Å². The number of pyridine rings is 1. The second kappa shape index (κ2) is 5.90. The number of thioether (sulfide) groups is 1. The van der Waals surface area contributed by atoms with Crippen LogP contribution in [0.3, 0.4) is 0 Å². The van der Waals surface area contributed by atoms with Crippen LogP contribution in [-0.2, 0) is 0 Å². The maximum absolute atomic E-state index is 11.2. The lowest BCUT2D eigenvalue weighted by Crippen LogP contribution is -1.91. The third-order valence-electron chi connectivity index (χ3n) is 2.59. The van der Waals surface area contributed by atoms with Crippen LogP contribution in [0.15, 0.2) is 44.0 Å². The maximum atomic E-state index is 11.2. The average molecular weight is 319 g/mol. The number of benzene rings is 1. The first-order valence-electron chi connectivity index (χ1n) is 5.70. The molecule has 0 N–H and O–H groups in total. The number of para-hydroxylation sites is 1. The highest BCUT2D eigenvalue weighted by molar-refractivity contribution is 8.03. The number of carbonyl (C=O) groups is 1. The highest BCUT2D eigenvalue weighted by Gasteiger charge is 2.11. The molecule has 0 fully saturated rings. The first-order valence-corrected chi connectivity index (χ1v) is 8.56. The number of hydrogen-bond donors (Lipinski definition) is 0. The third-order valence-corrected chi connectivity index (χ3v) is 5.56. The summed E-state index contributed by atoms with van der Waals surface area (Å²) in [6.45, 7) is 0. The Labute approximate surface area is 128 Å². The van der Waals surface area contributed by atoms with Gasteiger partial charge in [-0.1, -0.05) is 41.3 Å². The molecular formula is C13H9N3OS3. The molecule has 0 aliphatic rings. The molecule has 0 bridgehead atoms. The van der Waals surface area contributed by atoms with Crippen molar-refractivity contribution in [2.75, 3.05) is 6.26 Å². The van der Waals surface area contributed by atoms with Crippen molar-refractivity contribution in [3.63, 3.8) is 0 Å². The Morgan fingerprint density at radius 2 is 2.00 bits per heavy atom. The normalized spacial score (nSPS) is 10.8. The molecule has 2 aromatic heterocycles. The molecular weight excluding hydrogens is 310 g/mol. The van der Waals surface area contributed by atoms with Gasteiger partial charge >= 0.3 is 0 Å². The lowest BCUT2D eigenvalue weighted by Gasteiger charge is -2.03. The Morgan fingerprint density at radius 1 is 1.20 bits per heavy atom. The van der Waals surface area contributed by atoms with Crippen LogP contribution in [0.4, 0.5) is 0 Å². The minimum absolute atomic E-state index is 0.578. The molecule has 0 unspecified atom stereocenters. The molecule has 0 radical (unpaired) electrons. The summed E-state index contributed by atoms with van der Waals surface area (Å²) < 4.78 is 1.70. The Hall–Kier alpha value is -1.44. The van der Waals surface area contributed by atoms with E-state index in [0.29, 0.717) is 10.6 Å². The topological polar surface area (TPSA) is 55.7 Å². The van der Waals surface area contributed by atoms with Gasteiger partial charge in [0.05, 0.1) is 5.52 Å². The van der Waals surface area contributed by atoms with Crippen molar-refractivity contribution in [1.82, 2.24) is 15.2 Å². The van der Waals surface area contributed by atoms with Crippen molar-refractivity contribution in [2.24, 2.45) is 0 Å². The van der Waals surface area contributed by atoms with Gasteiger partial charge in [-0.3, -0.25) is 4.79 Å². The van der Waals surface area contributed by atoms with Crippen molar-refractivity contribution < 1.29 is 4.79 Å². The molecule has 2 heterocycles. The number of aromatic nitrogens is 3. The standard InChI is InChI=1S/C13H9N3OS3/c1-18-12-15-16-13(20-12)19-11-9(7-17)6-8-4-2-3-5-10(8)14-11/h2-7H,1H3. The molecule has 20 heavy (non-hydrogen) atoms. The van der Waals surface area contributed by atoms with Gasteiger partial charge in [-0.2, -0.15) is 0 Å². The van der Waals surface area contributed by atoms with Gasteiger partial charge in [-0.25, -0.2) is 4.98 Å². The summed E-state index contributed by atoms with van der Waals surface area (Å²) in [6.07, 6.45) is 2.79. The van der Waals surface area contributed by atoms with E-state index in [4.69, 9.17) is 0 Å². The monoisotopic (exact) mass is 319 g/mol. The van der Waals surface area contributed by atoms with Gasteiger partial charge < -0.3 is 0 Å². The SMILES string of the molecule is CSc1nnc(Sc2nc3ccccc3cc2C=O)s1. The minimum atomic E-state index is 0.578. The molecule has 0 aliphatic heterocycles. The van der Waals surface area contributed by atoms with E-state index >= 15 is 0 Å². The van der Waals surface area contributed by atoms with Crippen LogP contribution in [0.25, 0.3) is 10.9 Å². The highest BCUT2D eigenvalue weighted by atomic mass is 32.2. The van der Waals surface area contributed by atoms with E-state index in [2.05, 4.69) is 15.2 Å². The number of carbonyl (C=O) groups excluding carboxylic acids is 1. The summed E-state index contributed by atoms with van der Waals surface area (Å²) in [5, 5.41) is 9.76. The van der Waals surface area contributed by atoms with E-state index in [-0.39, 0.29) is 0 Å². The van der Waals surface area contributed by atoms with Crippen LogP contribution >= 0.6 is 34.9 Å². The Kier molecular flexibility index (Phi) is 4.00. The number of nitrogens with zero attached hydrogens (tertiary/aromatic N) is 3. The number of rotatable bonds is 4. The lowest BCUT2D eigenvalue weighted by atomic mass is 10.2.